The molecule has 0 aliphatic carbocycles. The second-order valence-electron chi connectivity index (χ2n) is 2.82. The van der Waals surface area contributed by atoms with Gasteiger partial charge in [0, 0.05) is 12.6 Å². The zero-order valence-corrected chi connectivity index (χ0v) is 10.3. The minimum Gasteiger partial charge on any atom is -0.376 e. The molecule has 0 aliphatic rings. The van der Waals surface area contributed by atoms with Crippen LogP contribution in [0.4, 0.5) is 17.6 Å². The molecule has 0 bridgehead atoms. The molecule has 0 rings (SSSR count). The van der Waals surface area contributed by atoms with E-state index in [4.69, 9.17) is 10.9 Å². The Balaban J connectivity index is 5.01. The number of aliphatic imine (C=N–C) groups is 1. The van der Waals surface area contributed by atoms with Gasteiger partial charge >= 0.3 is 10.8 Å². The van der Waals surface area contributed by atoms with E-state index in [1.54, 1.807) is 0 Å². The molecule has 0 unspecified atom stereocenters. The molecule has 4 nitrogen and oxygen atoms in total. The third-order valence-electron chi connectivity index (χ3n) is 1.66. The second kappa shape index (κ2) is 5.61. The molecule has 0 heterocycles. The number of rotatable bonds is 4. The quantitative estimate of drug-likeness (QED) is 0.184. The van der Waals surface area contributed by atoms with Crippen LogP contribution in [0.3, 0.4) is 0 Å². The second-order valence-corrected chi connectivity index (χ2v) is 4.16. The predicted octanol–water partition coefficient (Wildman–Crippen LogP) is 1.59. The topological polar surface area (TPSA) is 70.6 Å². The molecule has 11 heteroatoms. The first-order valence-electron chi connectivity index (χ1n) is 3.84. The molecule has 0 aliphatic heterocycles. The lowest BCUT2D eigenvalue weighted by Gasteiger charge is -2.33. The van der Waals surface area contributed by atoms with Crippen molar-refractivity contribution in [3.05, 3.63) is 0 Å². The van der Waals surface area contributed by atoms with Gasteiger partial charge < -0.3 is 5.11 Å². The number of hydrogen-bond acceptors (Lipinski definition) is 3. The number of hydrazine groups is 1. The summed E-state index contributed by atoms with van der Waals surface area (Å²) in [6.45, 7) is 0. The van der Waals surface area contributed by atoms with Crippen molar-refractivity contribution in [2.75, 3.05) is 0 Å². The number of thiocarbonyl (C=S) groups is 1. The number of nitrogens with two attached hydrogens (primary N) is 1. The van der Waals surface area contributed by atoms with Gasteiger partial charge in [0.05, 0.1) is 0 Å². The molecule has 100 valence electrons. The van der Waals surface area contributed by atoms with Crippen LogP contribution in [-0.4, -0.2) is 32.8 Å². The van der Waals surface area contributed by atoms with Crippen LogP contribution in [-0.2, 0) is 0 Å². The smallest absolute Gasteiger partial charge is 0.357 e. The average Bonchev–Trinajstić information content (AvgIpc) is 2.13. The standard InChI is InChI=1S/C6H7Cl2F4N3OS/c7-5(9,10)4(16,6(8,11)12)1-2-14-3(17)15-13/h2,16H,1,13H2,(H,15,17). The Morgan fingerprint density at radius 1 is 1.35 bits per heavy atom. The van der Waals surface area contributed by atoms with Crippen LogP contribution in [0.1, 0.15) is 6.42 Å². The van der Waals surface area contributed by atoms with Crippen molar-refractivity contribution >= 4 is 46.7 Å². The monoisotopic (exact) mass is 315 g/mol. The number of nitrogens with one attached hydrogen (secondary N) is 1. The highest BCUT2D eigenvalue weighted by molar-refractivity contribution is 7.80. The Labute approximate surface area is 109 Å². The van der Waals surface area contributed by atoms with Gasteiger partial charge in [0.25, 0.3) is 0 Å². The normalized spacial score (nSPS) is 14.1. The summed E-state index contributed by atoms with van der Waals surface area (Å²) in [5.74, 6) is 4.78. The van der Waals surface area contributed by atoms with Crippen molar-refractivity contribution in [2.24, 2.45) is 10.8 Å². The zero-order chi connectivity index (χ0) is 13.9. The average molecular weight is 316 g/mol. The number of halogens is 6. The lowest BCUT2D eigenvalue weighted by atomic mass is 10.0. The summed E-state index contributed by atoms with van der Waals surface area (Å²) in [6.07, 6.45) is -0.837. The summed E-state index contributed by atoms with van der Waals surface area (Å²) in [5.41, 5.74) is -2.16. The van der Waals surface area contributed by atoms with Crippen molar-refractivity contribution in [1.82, 2.24) is 5.43 Å². The van der Waals surface area contributed by atoms with Crippen molar-refractivity contribution in [1.29, 1.82) is 0 Å². The summed E-state index contributed by atoms with van der Waals surface area (Å²) < 4.78 is 50.8. The molecule has 0 fully saturated rings. The van der Waals surface area contributed by atoms with E-state index in [1.165, 1.54) is 0 Å². The van der Waals surface area contributed by atoms with E-state index in [2.05, 4.69) is 40.4 Å². The predicted molar refractivity (Wildman–Crippen MR) is 59.6 cm³/mol. The molecule has 0 saturated carbocycles. The van der Waals surface area contributed by atoms with Crippen LogP contribution in [0.25, 0.3) is 0 Å². The summed E-state index contributed by atoms with van der Waals surface area (Å²) in [5, 5.41) is -0.568. The number of nitrogens with zero attached hydrogens (tertiary/aromatic N) is 1. The molecular weight excluding hydrogens is 309 g/mol. The lowest BCUT2D eigenvalue weighted by Crippen LogP contribution is -2.56. The van der Waals surface area contributed by atoms with Crippen molar-refractivity contribution in [2.45, 2.75) is 22.8 Å². The summed E-state index contributed by atoms with van der Waals surface area (Å²) >= 11 is 13.2. The van der Waals surface area contributed by atoms with E-state index in [1.807, 2.05) is 5.43 Å². The molecule has 17 heavy (non-hydrogen) atoms. The molecule has 0 aromatic carbocycles. The van der Waals surface area contributed by atoms with Gasteiger partial charge in [-0.15, -0.1) is 0 Å². The van der Waals surface area contributed by atoms with Crippen LogP contribution in [0, 0.1) is 0 Å². The Morgan fingerprint density at radius 2 is 1.76 bits per heavy atom. The van der Waals surface area contributed by atoms with Gasteiger partial charge in [0.1, 0.15) is 0 Å². The fourth-order valence-electron chi connectivity index (χ4n) is 0.690. The van der Waals surface area contributed by atoms with Crippen molar-refractivity contribution < 1.29 is 22.7 Å². The zero-order valence-electron chi connectivity index (χ0n) is 7.93. The summed E-state index contributed by atoms with van der Waals surface area (Å²) in [4.78, 5) is 3.18. The Hall–Kier alpha value is -0.220. The molecule has 0 saturated heterocycles. The van der Waals surface area contributed by atoms with Crippen LogP contribution in [0.2, 0.25) is 0 Å². The summed E-state index contributed by atoms with van der Waals surface area (Å²) in [7, 11) is 0. The van der Waals surface area contributed by atoms with E-state index in [-0.39, 0.29) is 5.11 Å². The van der Waals surface area contributed by atoms with Gasteiger partial charge in [-0.05, 0) is 35.4 Å². The highest BCUT2D eigenvalue weighted by Gasteiger charge is 2.66. The molecular formula is C6H7Cl2F4N3OS. The lowest BCUT2D eigenvalue weighted by molar-refractivity contribution is -0.212. The molecule has 0 aromatic rings. The maximum Gasteiger partial charge on any atom is 0.357 e. The molecule has 4 N–H and O–H groups in total. The minimum absolute atomic E-state index is 0.358. The van der Waals surface area contributed by atoms with Gasteiger partial charge in [-0.1, -0.05) is 0 Å². The Kier molecular flexibility index (Phi) is 5.54. The highest BCUT2D eigenvalue weighted by atomic mass is 35.5. The highest BCUT2D eigenvalue weighted by Crippen LogP contribution is 2.47. The van der Waals surface area contributed by atoms with Crippen molar-refractivity contribution in [3.63, 3.8) is 0 Å². The van der Waals surface area contributed by atoms with E-state index in [0.717, 1.165) is 0 Å². The third-order valence-corrected chi connectivity index (χ3v) is 2.51. The molecule has 0 amide bonds. The van der Waals surface area contributed by atoms with E-state index < -0.39 is 22.8 Å². The molecule has 0 atom stereocenters. The van der Waals surface area contributed by atoms with Crippen molar-refractivity contribution in [3.8, 4) is 0 Å². The third kappa shape index (κ3) is 4.18. The van der Waals surface area contributed by atoms with Crippen LogP contribution in [0.15, 0.2) is 4.99 Å². The minimum atomic E-state index is -4.66. The Morgan fingerprint density at radius 3 is 2.06 bits per heavy atom. The van der Waals surface area contributed by atoms with Crippen LogP contribution in [0.5, 0.6) is 0 Å². The molecule has 0 spiro atoms. The van der Waals surface area contributed by atoms with Gasteiger partial charge in [0.2, 0.25) is 10.7 Å². The van der Waals surface area contributed by atoms with Gasteiger partial charge in [-0.25, -0.2) is 10.8 Å². The first-order chi connectivity index (χ1) is 7.45. The SMILES string of the molecule is NNC(=S)N=CCC(O)(C(F)(F)Cl)C(F)(F)Cl. The number of aliphatic hydroxyl groups is 1. The van der Waals surface area contributed by atoms with E-state index in [9.17, 15) is 17.6 Å². The maximum atomic E-state index is 12.7. The van der Waals surface area contributed by atoms with Gasteiger partial charge in [-0.3, -0.25) is 5.43 Å². The fourth-order valence-corrected chi connectivity index (χ4v) is 1.20. The van der Waals surface area contributed by atoms with E-state index in [0.29, 0.717) is 6.21 Å². The van der Waals surface area contributed by atoms with Gasteiger partial charge in [-0.2, -0.15) is 17.6 Å². The fraction of sp³-hybridized carbons (Fsp3) is 0.667. The van der Waals surface area contributed by atoms with Crippen LogP contribution < -0.4 is 11.3 Å². The number of alkyl halides is 6. The number of hydrogen-bond donors (Lipinski definition) is 3. The summed E-state index contributed by atoms with van der Waals surface area (Å²) in [6, 6.07) is 0. The first kappa shape index (κ1) is 16.8. The van der Waals surface area contributed by atoms with Crippen LogP contribution >= 0.6 is 35.4 Å². The first-order valence-corrected chi connectivity index (χ1v) is 5.01. The van der Waals surface area contributed by atoms with E-state index >= 15 is 0 Å². The maximum absolute atomic E-state index is 12.7. The largest absolute Gasteiger partial charge is 0.376 e. The molecule has 0 aromatic heterocycles. The van der Waals surface area contributed by atoms with Gasteiger partial charge in [0.15, 0.2) is 0 Å². The Bertz CT molecular complexity index is 303. The molecule has 0 radical (unpaired) electrons.